The van der Waals surface area contributed by atoms with Crippen LogP contribution in [0.2, 0.25) is 0 Å². The maximum atomic E-state index is 2.17. The Balaban J connectivity index is 0.000000487. The van der Waals surface area contributed by atoms with Crippen molar-refractivity contribution in [3.63, 3.8) is 0 Å². The summed E-state index contributed by atoms with van der Waals surface area (Å²) in [5, 5.41) is 0. The topological polar surface area (TPSA) is 0 Å². The molecule has 0 saturated carbocycles. The van der Waals surface area contributed by atoms with Crippen molar-refractivity contribution in [2.75, 3.05) is 6.26 Å². The van der Waals surface area contributed by atoms with Crippen LogP contribution in [0.4, 0.5) is 0 Å². The standard InChI is InChI=1S/C11H14S.C4H8/c1-3-4-5-10-6-8-11(12-2)9-7-10;1-3-4-2/h4-9H,3H2,1-2H3;3-4H,1-2H3/b5-4+;4-3-. The van der Waals surface area contributed by atoms with E-state index in [2.05, 4.69) is 49.6 Å². The van der Waals surface area contributed by atoms with Crippen LogP contribution in [-0.4, -0.2) is 6.26 Å². The molecule has 0 atom stereocenters. The van der Waals surface area contributed by atoms with Crippen LogP contribution < -0.4 is 0 Å². The van der Waals surface area contributed by atoms with Crippen LogP contribution in [0.3, 0.4) is 0 Å². The fourth-order valence-corrected chi connectivity index (χ4v) is 1.38. The molecule has 0 radical (unpaired) electrons. The van der Waals surface area contributed by atoms with Gasteiger partial charge in [-0.1, -0.05) is 43.4 Å². The average molecular weight is 234 g/mol. The van der Waals surface area contributed by atoms with Crippen molar-refractivity contribution >= 4 is 17.8 Å². The van der Waals surface area contributed by atoms with Crippen molar-refractivity contribution in [3.8, 4) is 0 Å². The van der Waals surface area contributed by atoms with E-state index < -0.39 is 0 Å². The third-order valence-corrected chi connectivity index (χ3v) is 2.74. The van der Waals surface area contributed by atoms with Gasteiger partial charge in [0, 0.05) is 4.90 Å². The fraction of sp³-hybridized carbons (Fsp3) is 0.333. The van der Waals surface area contributed by atoms with Gasteiger partial charge in [-0.25, -0.2) is 0 Å². The highest BCUT2D eigenvalue weighted by Crippen LogP contribution is 2.15. The van der Waals surface area contributed by atoms with Gasteiger partial charge >= 0.3 is 0 Å². The largest absolute Gasteiger partial charge is 0.130 e. The average Bonchev–Trinajstić information content (AvgIpc) is 2.37. The van der Waals surface area contributed by atoms with E-state index in [-0.39, 0.29) is 0 Å². The summed E-state index contributed by atoms with van der Waals surface area (Å²) in [5.41, 5.74) is 1.29. The van der Waals surface area contributed by atoms with Gasteiger partial charge in [0.2, 0.25) is 0 Å². The third-order valence-electron chi connectivity index (χ3n) is 2.00. The van der Waals surface area contributed by atoms with E-state index in [1.54, 1.807) is 11.8 Å². The molecule has 0 heterocycles. The Morgan fingerprint density at radius 2 is 1.62 bits per heavy atom. The van der Waals surface area contributed by atoms with Gasteiger partial charge in [0.25, 0.3) is 0 Å². The molecule has 1 heteroatoms. The molecule has 0 spiro atoms. The van der Waals surface area contributed by atoms with Crippen molar-refractivity contribution in [2.45, 2.75) is 32.1 Å². The molecule has 88 valence electrons. The zero-order valence-corrected chi connectivity index (χ0v) is 11.6. The van der Waals surface area contributed by atoms with Gasteiger partial charge in [0.05, 0.1) is 0 Å². The van der Waals surface area contributed by atoms with Gasteiger partial charge in [-0.05, 0) is 44.2 Å². The Kier molecular flexibility index (Phi) is 9.94. The zero-order chi connectivity index (χ0) is 12.2. The SMILES string of the molecule is C/C=C\C.CC/C=C/c1ccc(SC)cc1. The minimum absolute atomic E-state index is 1.10. The smallest absolute Gasteiger partial charge is 0.00695 e. The number of thioether (sulfide) groups is 1. The maximum Gasteiger partial charge on any atom is 0.00695 e. The first-order valence-corrected chi connectivity index (χ1v) is 6.88. The van der Waals surface area contributed by atoms with Crippen molar-refractivity contribution in [2.24, 2.45) is 0 Å². The summed E-state index contributed by atoms with van der Waals surface area (Å²) >= 11 is 1.78. The fourth-order valence-electron chi connectivity index (χ4n) is 0.969. The highest BCUT2D eigenvalue weighted by Gasteiger charge is 1.88. The highest BCUT2D eigenvalue weighted by molar-refractivity contribution is 7.98. The number of rotatable bonds is 3. The van der Waals surface area contributed by atoms with Crippen molar-refractivity contribution in [3.05, 3.63) is 48.1 Å². The van der Waals surface area contributed by atoms with Crippen LogP contribution in [0.1, 0.15) is 32.8 Å². The third kappa shape index (κ3) is 7.36. The first kappa shape index (κ1) is 15.0. The Hall–Kier alpha value is -0.950. The minimum atomic E-state index is 1.10. The Bertz CT molecular complexity index is 303. The van der Waals surface area contributed by atoms with Gasteiger partial charge in [-0.2, -0.15) is 0 Å². The molecular weight excluding hydrogens is 212 g/mol. The van der Waals surface area contributed by atoms with Gasteiger partial charge in [-0.3, -0.25) is 0 Å². The number of hydrogen-bond acceptors (Lipinski definition) is 1. The summed E-state index contributed by atoms with van der Waals surface area (Å²) in [6.07, 6.45) is 11.5. The summed E-state index contributed by atoms with van der Waals surface area (Å²) < 4.78 is 0. The lowest BCUT2D eigenvalue weighted by molar-refractivity contribution is 1.23. The molecule has 0 N–H and O–H groups in total. The molecule has 0 bridgehead atoms. The second kappa shape index (κ2) is 10.6. The normalized spacial score (nSPS) is 10.5. The monoisotopic (exact) mass is 234 g/mol. The number of benzene rings is 1. The predicted molar refractivity (Wildman–Crippen MR) is 78.0 cm³/mol. The van der Waals surface area contributed by atoms with Crippen molar-refractivity contribution < 1.29 is 0 Å². The zero-order valence-electron chi connectivity index (χ0n) is 10.7. The number of allylic oxidation sites excluding steroid dienone is 3. The molecule has 0 nitrogen and oxygen atoms in total. The molecule has 0 aliphatic rings. The molecule has 0 aromatic heterocycles. The lowest BCUT2D eigenvalue weighted by atomic mass is 10.2. The molecule has 1 aromatic carbocycles. The molecular formula is C15H22S. The van der Waals surface area contributed by atoms with Crippen LogP contribution in [0.15, 0.2) is 47.4 Å². The van der Waals surface area contributed by atoms with E-state index in [1.807, 2.05) is 26.0 Å². The molecule has 1 rings (SSSR count). The second-order valence-corrected chi connectivity index (χ2v) is 4.13. The molecule has 0 unspecified atom stereocenters. The molecule has 0 aliphatic carbocycles. The lowest BCUT2D eigenvalue weighted by Crippen LogP contribution is -1.72. The Labute approximate surface area is 104 Å². The Morgan fingerprint density at radius 3 is 2.00 bits per heavy atom. The summed E-state index contributed by atoms with van der Waals surface area (Å²) in [4.78, 5) is 1.32. The van der Waals surface area contributed by atoms with Crippen LogP contribution in [0, 0.1) is 0 Å². The minimum Gasteiger partial charge on any atom is -0.130 e. The van der Waals surface area contributed by atoms with E-state index in [9.17, 15) is 0 Å². The van der Waals surface area contributed by atoms with Crippen molar-refractivity contribution in [1.29, 1.82) is 0 Å². The maximum absolute atomic E-state index is 2.17. The molecule has 0 fully saturated rings. The van der Waals surface area contributed by atoms with E-state index in [0.29, 0.717) is 0 Å². The van der Waals surface area contributed by atoms with E-state index in [4.69, 9.17) is 0 Å². The highest BCUT2D eigenvalue weighted by atomic mass is 32.2. The van der Waals surface area contributed by atoms with E-state index >= 15 is 0 Å². The lowest BCUT2D eigenvalue weighted by Gasteiger charge is -1.96. The number of hydrogen-bond donors (Lipinski definition) is 0. The molecule has 1 aromatic rings. The van der Waals surface area contributed by atoms with Crippen LogP contribution >= 0.6 is 11.8 Å². The predicted octanol–water partition coefficient (Wildman–Crippen LogP) is 5.41. The molecule has 0 aliphatic heterocycles. The second-order valence-electron chi connectivity index (χ2n) is 3.25. The van der Waals surface area contributed by atoms with Crippen LogP contribution in [0.5, 0.6) is 0 Å². The molecule has 16 heavy (non-hydrogen) atoms. The summed E-state index contributed by atoms with van der Waals surface area (Å²) in [5.74, 6) is 0. The first-order chi connectivity index (χ1) is 7.78. The Morgan fingerprint density at radius 1 is 1.06 bits per heavy atom. The molecule has 0 saturated heterocycles. The quantitative estimate of drug-likeness (QED) is 0.497. The first-order valence-electron chi connectivity index (χ1n) is 5.66. The van der Waals surface area contributed by atoms with Gasteiger partial charge < -0.3 is 0 Å². The summed E-state index contributed by atoms with van der Waals surface area (Å²) in [7, 11) is 0. The van der Waals surface area contributed by atoms with Crippen molar-refractivity contribution in [1.82, 2.24) is 0 Å². The van der Waals surface area contributed by atoms with Gasteiger partial charge in [0.15, 0.2) is 0 Å². The molecule has 0 amide bonds. The van der Waals surface area contributed by atoms with Gasteiger partial charge in [-0.15, -0.1) is 11.8 Å². The van der Waals surface area contributed by atoms with E-state index in [0.717, 1.165) is 6.42 Å². The summed E-state index contributed by atoms with van der Waals surface area (Å²) in [6.45, 7) is 6.15. The van der Waals surface area contributed by atoms with Crippen LogP contribution in [0.25, 0.3) is 6.08 Å². The van der Waals surface area contributed by atoms with Crippen LogP contribution in [-0.2, 0) is 0 Å². The summed E-state index contributed by atoms with van der Waals surface area (Å²) in [6, 6.07) is 8.61. The van der Waals surface area contributed by atoms with Gasteiger partial charge in [0.1, 0.15) is 0 Å². The van der Waals surface area contributed by atoms with E-state index in [1.165, 1.54) is 10.5 Å².